The average Bonchev–Trinajstić information content (AvgIpc) is 2.36. The molecule has 0 bridgehead atoms. The molecule has 0 fully saturated rings. The van der Waals surface area contributed by atoms with Crippen LogP contribution in [-0.4, -0.2) is 16.7 Å². The predicted octanol–water partition coefficient (Wildman–Crippen LogP) is 0.830. The summed E-state index contributed by atoms with van der Waals surface area (Å²) in [4.78, 5) is 0. The van der Waals surface area contributed by atoms with E-state index in [0.29, 0.717) is 18.3 Å². The molecule has 0 aliphatic heterocycles. The van der Waals surface area contributed by atoms with Crippen molar-refractivity contribution < 1.29 is 4.42 Å². The monoisotopic (exact) mass is 155 g/mol. The van der Waals surface area contributed by atoms with E-state index >= 15 is 0 Å². The molecule has 0 saturated heterocycles. The highest BCUT2D eigenvalue weighted by Gasteiger charge is 2.10. The fourth-order valence-corrected chi connectivity index (χ4v) is 0.884. The van der Waals surface area contributed by atoms with Gasteiger partial charge in [-0.1, -0.05) is 6.92 Å². The summed E-state index contributed by atoms with van der Waals surface area (Å²) in [6.07, 6.45) is 0.891. The molecule has 0 aliphatic rings. The molecule has 1 aromatic heterocycles. The molecule has 0 aliphatic carbocycles. The zero-order chi connectivity index (χ0) is 8.27. The third-order valence-electron chi connectivity index (χ3n) is 1.56. The third-order valence-corrected chi connectivity index (χ3v) is 1.56. The van der Waals surface area contributed by atoms with Gasteiger partial charge in [-0.2, -0.15) is 0 Å². The van der Waals surface area contributed by atoms with Gasteiger partial charge in [0.05, 0.1) is 0 Å². The second-order valence-corrected chi connectivity index (χ2v) is 2.64. The summed E-state index contributed by atoms with van der Waals surface area (Å²) in [5, 5.41) is 7.62. The number of hydrogen-bond donors (Lipinski definition) is 1. The summed E-state index contributed by atoms with van der Waals surface area (Å²) >= 11 is 0. The summed E-state index contributed by atoms with van der Waals surface area (Å²) < 4.78 is 5.22. The molecule has 2 N–H and O–H groups in total. The van der Waals surface area contributed by atoms with Crippen LogP contribution in [0.1, 0.15) is 31.0 Å². The first kappa shape index (κ1) is 8.20. The highest BCUT2D eigenvalue weighted by atomic mass is 16.4. The molecule has 4 nitrogen and oxygen atoms in total. The van der Waals surface area contributed by atoms with Gasteiger partial charge in [-0.25, -0.2) is 0 Å². The number of nitrogens with two attached hydrogens (primary N) is 1. The number of rotatable bonds is 3. The van der Waals surface area contributed by atoms with E-state index in [-0.39, 0.29) is 5.92 Å². The highest BCUT2D eigenvalue weighted by Crippen LogP contribution is 2.15. The van der Waals surface area contributed by atoms with E-state index in [0.717, 1.165) is 6.42 Å². The lowest BCUT2D eigenvalue weighted by Crippen LogP contribution is -2.04. The molecule has 4 heteroatoms. The smallest absolute Gasteiger partial charge is 0.219 e. The van der Waals surface area contributed by atoms with Gasteiger partial charge in [0, 0.05) is 12.8 Å². The van der Waals surface area contributed by atoms with Crippen molar-refractivity contribution in [2.75, 3.05) is 6.54 Å². The van der Waals surface area contributed by atoms with Crippen LogP contribution in [0.5, 0.6) is 0 Å². The van der Waals surface area contributed by atoms with Crippen molar-refractivity contribution >= 4 is 0 Å². The molecular formula is C7H13N3O. The van der Waals surface area contributed by atoms with Gasteiger partial charge in [0.15, 0.2) is 0 Å². The number of aryl methyl sites for hydroxylation is 1. The molecule has 1 heterocycles. The van der Waals surface area contributed by atoms with Crippen LogP contribution in [-0.2, 0) is 0 Å². The number of aromatic nitrogens is 2. The zero-order valence-electron chi connectivity index (χ0n) is 6.87. The maximum Gasteiger partial charge on any atom is 0.219 e. The van der Waals surface area contributed by atoms with Crippen molar-refractivity contribution in [2.24, 2.45) is 5.73 Å². The lowest BCUT2D eigenvalue weighted by molar-refractivity contribution is 0.429. The first-order valence-electron chi connectivity index (χ1n) is 3.74. The number of hydrogen-bond acceptors (Lipinski definition) is 4. The van der Waals surface area contributed by atoms with Crippen LogP contribution in [0.4, 0.5) is 0 Å². The summed E-state index contributed by atoms with van der Waals surface area (Å²) in [7, 11) is 0. The maximum absolute atomic E-state index is 5.38. The molecule has 11 heavy (non-hydrogen) atoms. The van der Waals surface area contributed by atoms with Gasteiger partial charge in [0.25, 0.3) is 0 Å². The van der Waals surface area contributed by atoms with E-state index < -0.39 is 0 Å². The van der Waals surface area contributed by atoms with Gasteiger partial charge in [0.1, 0.15) is 0 Å². The number of nitrogens with zero attached hydrogens (tertiary/aromatic N) is 2. The Bertz CT molecular complexity index is 221. The Morgan fingerprint density at radius 1 is 1.55 bits per heavy atom. The normalized spacial score (nSPS) is 13.4. The Labute approximate surface area is 65.8 Å². The molecule has 0 saturated carbocycles. The van der Waals surface area contributed by atoms with Crippen molar-refractivity contribution in [3.05, 3.63) is 11.8 Å². The standard InChI is InChI=1S/C7H13N3O/c1-5(3-4-8)7-10-9-6(2)11-7/h5H,3-4,8H2,1-2H3. The second kappa shape index (κ2) is 3.48. The van der Waals surface area contributed by atoms with Gasteiger partial charge in [0.2, 0.25) is 11.8 Å². The largest absolute Gasteiger partial charge is 0.425 e. The lowest BCUT2D eigenvalue weighted by Gasteiger charge is -2.01. The van der Waals surface area contributed by atoms with Gasteiger partial charge < -0.3 is 10.2 Å². The van der Waals surface area contributed by atoms with E-state index in [4.69, 9.17) is 10.2 Å². The fourth-order valence-electron chi connectivity index (χ4n) is 0.884. The van der Waals surface area contributed by atoms with Gasteiger partial charge in [-0.05, 0) is 13.0 Å². The molecule has 0 amide bonds. The highest BCUT2D eigenvalue weighted by molar-refractivity contribution is 4.87. The average molecular weight is 155 g/mol. The van der Waals surface area contributed by atoms with E-state index in [2.05, 4.69) is 10.2 Å². The van der Waals surface area contributed by atoms with Crippen LogP contribution in [0.2, 0.25) is 0 Å². The van der Waals surface area contributed by atoms with Crippen molar-refractivity contribution in [3.63, 3.8) is 0 Å². The zero-order valence-corrected chi connectivity index (χ0v) is 6.87. The van der Waals surface area contributed by atoms with Crippen molar-refractivity contribution in [1.29, 1.82) is 0 Å². The SMILES string of the molecule is Cc1nnc(C(C)CCN)o1. The minimum Gasteiger partial charge on any atom is -0.425 e. The molecule has 1 rings (SSSR count). The molecule has 0 radical (unpaired) electrons. The van der Waals surface area contributed by atoms with E-state index in [1.807, 2.05) is 6.92 Å². The first-order valence-corrected chi connectivity index (χ1v) is 3.74. The Kier molecular flexibility index (Phi) is 2.59. The Morgan fingerprint density at radius 2 is 2.27 bits per heavy atom. The summed E-state index contributed by atoms with van der Waals surface area (Å²) in [5.74, 6) is 1.58. The first-order chi connectivity index (χ1) is 5.24. The van der Waals surface area contributed by atoms with Crippen LogP contribution >= 0.6 is 0 Å². The van der Waals surface area contributed by atoms with Crippen molar-refractivity contribution in [3.8, 4) is 0 Å². The molecule has 1 unspecified atom stereocenters. The van der Waals surface area contributed by atoms with Crippen LogP contribution in [0.3, 0.4) is 0 Å². The van der Waals surface area contributed by atoms with Crippen LogP contribution in [0.25, 0.3) is 0 Å². The molecule has 1 aromatic rings. The van der Waals surface area contributed by atoms with E-state index in [1.165, 1.54) is 0 Å². The van der Waals surface area contributed by atoms with E-state index in [1.54, 1.807) is 6.92 Å². The van der Waals surface area contributed by atoms with E-state index in [9.17, 15) is 0 Å². The Hall–Kier alpha value is -0.900. The molecule has 62 valence electrons. The lowest BCUT2D eigenvalue weighted by atomic mass is 10.1. The quantitative estimate of drug-likeness (QED) is 0.702. The van der Waals surface area contributed by atoms with Crippen LogP contribution in [0, 0.1) is 6.92 Å². The summed E-state index contributed by atoms with van der Waals surface area (Å²) in [6, 6.07) is 0. The Morgan fingerprint density at radius 3 is 2.73 bits per heavy atom. The van der Waals surface area contributed by atoms with Gasteiger partial charge in [-0.15, -0.1) is 10.2 Å². The molecule has 0 aromatic carbocycles. The summed E-state index contributed by atoms with van der Waals surface area (Å²) in [5.41, 5.74) is 5.38. The van der Waals surface area contributed by atoms with Crippen molar-refractivity contribution in [1.82, 2.24) is 10.2 Å². The summed E-state index contributed by atoms with van der Waals surface area (Å²) in [6.45, 7) is 4.47. The minimum absolute atomic E-state index is 0.279. The maximum atomic E-state index is 5.38. The third kappa shape index (κ3) is 2.01. The fraction of sp³-hybridized carbons (Fsp3) is 0.714. The molecular weight excluding hydrogens is 142 g/mol. The predicted molar refractivity (Wildman–Crippen MR) is 41.1 cm³/mol. The van der Waals surface area contributed by atoms with Gasteiger partial charge in [-0.3, -0.25) is 0 Å². The minimum atomic E-state index is 0.279. The molecule has 1 atom stereocenters. The topological polar surface area (TPSA) is 64.9 Å². The van der Waals surface area contributed by atoms with Crippen LogP contribution in [0.15, 0.2) is 4.42 Å². The van der Waals surface area contributed by atoms with Gasteiger partial charge >= 0.3 is 0 Å². The molecule has 0 spiro atoms. The van der Waals surface area contributed by atoms with Crippen LogP contribution < -0.4 is 5.73 Å². The van der Waals surface area contributed by atoms with Crippen molar-refractivity contribution in [2.45, 2.75) is 26.2 Å². The second-order valence-electron chi connectivity index (χ2n) is 2.64. The Balaban J connectivity index is 2.60.